The molecule has 2 atom stereocenters. The molecule has 92 valence electrons. The largest absolute Gasteiger partial charge is 0.287 e. The third-order valence-corrected chi connectivity index (χ3v) is 3.86. The van der Waals surface area contributed by atoms with Gasteiger partial charge in [0.1, 0.15) is 0 Å². The van der Waals surface area contributed by atoms with Gasteiger partial charge in [0.05, 0.1) is 0 Å². The summed E-state index contributed by atoms with van der Waals surface area (Å²) in [6, 6.07) is 9.54. The van der Waals surface area contributed by atoms with Crippen LogP contribution in [0.3, 0.4) is 0 Å². The standard InChI is InChI=1S/C13H16O2S2/c1-8(12(14)16)11(9(2)13(15)17)10-6-4-3-5-7-10/h3-9,11H,1-2H3,(H,14,16)(H,15,17). The van der Waals surface area contributed by atoms with E-state index in [2.05, 4.69) is 25.3 Å². The van der Waals surface area contributed by atoms with Crippen LogP contribution in [0.2, 0.25) is 0 Å². The summed E-state index contributed by atoms with van der Waals surface area (Å²) < 4.78 is 0. The molecule has 1 aromatic rings. The van der Waals surface area contributed by atoms with Gasteiger partial charge in [-0.1, -0.05) is 44.2 Å². The normalized spacial score (nSPS) is 16.0. The van der Waals surface area contributed by atoms with E-state index in [1.165, 1.54) is 0 Å². The summed E-state index contributed by atoms with van der Waals surface area (Å²) in [5.74, 6) is -0.801. The SMILES string of the molecule is CC(C(=O)S)C(c1ccccc1)C(C)C(=O)S. The number of carbonyl (C=O) groups excluding carboxylic acids is 2. The zero-order chi connectivity index (χ0) is 13.0. The Morgan fingerprint density at radius 2 is 1.35 bits per heavy atom. The third-order valence-electron chi connectivity index (χ3n) is 3.04. The van der Waals surface area contributed by atoms with Crippen LogP contribution in [0.15, 0.2) is 30.3 Å². The Hall–Kier alpha value is -0.740. The summed E-state index contributed by atoms with van der Waals surface area (Å²) in [6.45, 7) is 3.58. The van der Waals surface area contributed by atoms with Crippen LogP contribution < -0.4 is 0 Å². The number of hydrogen-bond acceptors (Lipinski definition) is 2. The minimum atomic E-state index is -0.313. The first kappa shape index (κ1) is 14.3. The highest BCUT2D eigenvalue weighted by molar-refractivity contribution is 7.96. The van der Waals surface area contributed by atoms with E-state index in [1.807, 2.05) is 30.3 Å². The van der Waals surface area contributed by atoms with Gasteiger partial charge < -0.3 is 0 Å². The first-order valence-corrected chi connectivity index (χ1v) is 6.35. The van der Waals surface area contributed by atoms with Crippen LogP contribution in [-0.2, 0) is 9.59 Å². The lowest BCUT2D eigenvalue weighted by atomic mass is 9.79. The van der Waals surface area contributed by atoms with E-state index in [0.29, 0.717) is 0 Å². The molecule has 0 amide bonds. The quantitative estimate of drug-likeness (QED) is 0.805. The van der Waals surface area contributed by atoms with Crippen LogP contribution in [0.4, 0.5) is 0 Å². The van der Waals surface area contributed by atoms with Crippen molar-refractivity contribution in [2.45, 2.75) is 19.8 Å². The summed E-state index contributed by atoms with van der Waals surface area (Å²) in [7, 11) is 0. The van der Waals surface area contributed by atoms with Crippen molar-refractivity contribution >= 4 is 35.5 Å². The Kier molecular flexibility index (Phi) is 5.28. The Balaban J connectivity index is 3.11. The minimum absolute atomic E-state index is 0.175. The smallest absolute Gasteiger partial charge is 0.189 e. The van der Waals surface area contributed by atoms with E-state index >= 15 is 0 Å². The van der Waals surface area contributed by atoms with Crippen LogP contribution in [0.5, 0.6) is 0 Å². The summed E-state index contributed by atoms with van der Waals surface area (Å²) >= 11 is 7.74. The second-order valence-corrected chi connectivity index (χ2v) is 5.07. The molecule has 17 heavy (non-hydrogen) atoms. The average molecular weight is 268 g/mol. The van der Waals surface area contributed by atoms with E-state index < -0.39 is 0 Å². The molecule has 0 heterocycles. The molecular weight excluding hydrogens is 252 g/mol. The number of benzene rings is 1. The fraction of sp³-hybridized carbons (Fsp3) is 0.385. The van der Waals surface area contributed by atoms with Gasteiger partial charge in [-0.2, -0.15) is 0 Å². The summed E-state index contributed by atoms with van der Waals surface area (Å²) in [4.78, 5) is 22.8. The number of rotatable bonds is 5. The molecular formula is C13H16O2S2. The van der Waals surface area contributed by atoms with Gasteiger partial charge >= 0.3 is 0 Å². The van der Waals surface area contributed by atoms with Gasteiger partial charge in [0, 0.05) is 17.8 Å². The van der Waals surface area contributed by atoms with Crippen molar-refractivity contribution in [2.24, 2.45) is 11.8 Å². The zero-order valence-electron chi connectivity index (χ0n) is 9.83. The second-order valence-electron chi connectivity index (χ2n) is 4.19. The number of carbonyl (C=O) groups is 2. The minimum Gasteiger partial charge on any atom is -0.287 e. The summed E-state index contributed by atoms with van der Waals surface area (Å²) in [5, 5.41) is -0.416. The van der Waals surface area contributed by atoms with Crippen LogP contribution in [0, 0.1) is 11.8 Å². The van der Waals surface area contributed by atoms with Gasteiger partial charge in [-0.05, 0) is 5.56 Å². The highest BCUT2D eigenvalue weighted by atomic mass is 32.1. The molecule has 0 aromatic heterocycles. The molecule has 0 aliphatic heterocycles. The second kappa shape index (κ2) is 6.26. The first-order chi connectivity index (χ1) is 7.95. The molecule has 0 N–H and O–H groups in total. The summed E-state index contributed by atoms with van der Waals surface area (Å²) in [5.41, 5.74) is 0.970. The molecule has 0 radical (unpaired) electrons. The zero-order valence-corrected chi connectivity index (χ0v) is 11.6. The third kappa shape index (κ3) is 3.61. The maximum Gasteiger partial charge on any atom is 0.189 e. The van der Waals surface area contributed by atoms with E-state index in [1.54, 1.807) is 13.8 Å². The van der Waals surface area contributed by atoms with Crippen LogP contribution >= 0.6 is 25.3 Å². The van der Waals surface area contributed by atoms with E-state index in [4.69, 9.17) is 0 Å². The van der Waals surface area contributed by atoms with Gasteiger partial charge in [-0.15, -0.1) is 25.3 Å². The number of hydrogen-bond donors (Lipinski definition) is 2. The van der Waals surface area contributed by atoms with Gasteiger partial charge in [-0.25, -0.2) is 0 Å². The summed E-state index contributed by atoms with van der Waals surface area (Å²) in [6.07, 6.45) is 0. The number of thiol groups is 2. The molecule has 1 aromatic carbocycles. The molecule has 0 spiro atoms. The van der Waals surface area contributed by atoms with Crippen molar-refractivity contribution in [2.75, 3.05) is 0 Å². The van der Waals surface area contributed by atoms with E-state index in [0.717, 1.165) is 5.56 Å². The van der Waals surface area contributed by atoms with Crippen LogP contribution in [-0.4, -0.2) is 10.2 Å². The van der Waals surface area contributed by atoms with Crippen molar-refractivity contribution in [1.29, 1.82) is 0 Å². The van der Waals surface area contributed by atoms with E-state index in [-0.39, 0.29) is 28.0 Å². The van der Waals surface area contributed by atoms with E-state index in [9.17, 15) is 9.59 Å². The van der Waals surface area contributed by atoms with Crippen molar-refractivity contribution in [1.82, 2.24) is 0 Å². The van der Waals surface area contributed by atoms with Gasteiger partial charge in [-0.3, -0.25) is 9.59 Å². The molecule has 0 fully saturated rings. The van der Waals surface area contributed by atoms with Crippen LogP contribution in [0.25, 0.3) is 0 Å². The van der Waals surface area contributed by atoms with Crippen molar-refractivity contribution in [3.8, 4) is 0 Å². The molecule has 2 nitrogen and oxygen atoms in total. The Labute approximate surface area is 113 Å². The highest BCUT2D eigenvalue weighted by Crippen LogP contribution is 2.34. The van der Waals surface area contributed by atoms with Gasteiger partial charge in [0.2, 0.25) is 0 Å². The topological polar surface area (TPSA) is 34.1 Å². The predicted octanol–water partition coefficient (Wildman–Crippen LogP) is 2.96. The first-order valence-electron chi connectivity index (χ1n) is 5.45. The molecule has 4 heteroatoms. The van der Waals surface area contributed by atoms with Crippen molar-refractivity contribution < 1.29 is 9.59 Å². The molecule has 1 rings (SSSR count). The molecule has 0 aliphatic carbocycles. The Morgan fingerprint density at radius 3 is 1.71 bits per heavy atom. The molecule has 0 aliphatic rings. The van der Waals surface area contributed by atoms with Crippen molar-refractivity contribution in [3.63, 3.8) is 0 Å². The lowest BCUT2D eigenvalue weighted by Gasteiger charge is -2.26. The Morgan fingerprint density at radius 1 is 0.941 bits per heavy atom. The van der Waals surface area contributed by atoms with Crippen LogP contribution in [0.1, 0.15) is 25.3 Å². The highest BCUT2D eigenvalue weighted by Gasteiger charge is 2.31. The molecule has 0 saturated heterocycles. The maximum atomic E-state index is 11.4. The fourth-order valence-electron chi connectivity index (χ4n) is 1.99. The molecule has 0 bridgehead atoms. The van der Waals surface area contributed by atoms with Gasteiger partial charge in [0.15, 0.2) is 10.2 Å². The lowest BCUT2D eigenvalue weighted by molar-refractivity contribution is -0.117. The molecule has 2 unspecified atom stereocenters. The fourth-order valence-corrected chi connectivity index (χ4v) is 2.31. The predicted molar refractivity (Wildman–Crippen MR) is 75.5 cm³/mol. The lowest BCUT2D eigenvalue weighted by Crippen LogP contribution is -2.25. The maximum absolute atomic E-state index is 11.4. The Bertz CT molecular complexity index is 383. The van der Waals surface area contributed by atoms with Gasteiger partial charge in [0.25, 0.3) is 0 Å². The molecule has 0 saturated carbocycles. The van der Waals surface area contributed by atoms with Crippen molar-refractivity contribution in [3.05, 3.63) is 35.9 Å². The average Bonchev–Trinajstić information content (AvgIpc) is 2.30. The monoisotopic (exact) mass is 268 g/mol.